The number of hydrogen-bond acceptors (Lipinski definition) is 4. The highest BCUT2D eigenvalue weighted by atomic mass is 16.5. The lowest BCUT2D eigenvalue weighted by molar-refractivity contribution is 0.0790. The van der Waals surface area contributed by atoms with Crippen molar-refractivity contribution < 1.29 is 15.1 Å². The fraction of sp³-hybridized carbons (Fsp3) is 0.750. The third-order valence-electron chi connectivity index (χ3n) is 2.47. The van der Waals surface area contributed by atoms with E-state index in [9.17, 15) is 4.79 Å². The molecule has 1 heterocycles. The smallest absolute Gasteiger partial charge is 0.407 e. The first-order valence-corrected chi connectivity index (χ1v) is 4.74. The number of piperazine rings is 1. The maximum atomic E-state index is 10.8. The van der Waals surface area contributed by atoms with E-state index in [0.29, 0.717) is 26.2 Å². The van der Waals surface area contributed by atoms with Crippen molar-refractivity contribution in [1.29, 1.82) is 5.41 Å². The number of hydroxylamine groups is 1. The van der Waals surface area contributed by atoms with E-state index in [4.69, 9.17) is 15.7 Å². The fourth-order valence-corrected chi connectivity index (χ4v) is 1.72. The molecular weight excluding hydrogens is 200 g/mol. The van der Waals surface area contributed by atoms with Crippen LogP contribution in [0.4, 0.5) is 4.79 Å². The van der Waals surface area contributed by atoms with Crippen LogP contribution in [0.25, 0.3) is 0 Å². The summed E-state index contributed by atoms with van der Waals surface area (Å²) in [5.74, 6) is 0.0194. The third kappa shape index (κ3) is 3.07. The summed E-state index contributed by atoms with van der Waals surface area (Å²) in [5, 5.41) is 24.5. The molecule has 0 radical (unpaired) electrons. The van der Waals surface area contributed by atoms with Gasteiger partial charge in [0, 0.05) is 25.7 Å². The number of carbonyl (C=O) groups is 1. The molecule has 15 heavy (non-hydrogen) atoms. The Morgan fingerprint density at radius 2 is 2.27 bits per heavy atom. The van der Waals surface area contributed by atoms with Crippen LogP contribution in [0.15, 0.2) is 0 Å². The minimum atomic E-state index is -0.905. The molecule has 4 N–H and O–H groups in total. The summed E-state index contributed by atoms with van der Waals surface area (Å²) in [5.41, 5.74) is 1.77. The monoisotopic (exact) mass is 216 g/mol. The molecule has 0 aliphatic carbocycles. The second-order valence-corrected chi connectivity index (χ2v) is 3.65. The van der Waals surface area contributed by atoms with Crippen molar-refractivity contribution in [1.82, 2.24) is 15.3 Å². The summed E-state index contributed by atoms with van der Waals surface area (Å²) in [6.45, 7) is 3.75. The van der Waals surface area contributed by atoms with Crippen molar-refractivity contribution in [3.8, 4) is 0 Å². The van der Waals surface area contributed by atoms with Crippen molar-refractivity contribution in [2.75, 3.05) is 26.2 Å². The van der Waals surface area contributed by atoms with Gasteiger partial charge in [-0.25, -0.2) is 4.79 Å². The summed E-state index contributed by atoms with van der Waals surface area (Å²) in [7, 11) is 0. The number of amides is 1. The van der Waals surface area contributed by atoms with Gasteiger partial charge in [0.05, 0.1) is 6.54 Å². The molecule has 0 aromatic carbocycles. The second kappa shape index (κ2) is 4.94. The van der Waals surface area contributed by atoms with Crippen LogP contribution in [0.2, 0.25) is 0 Å². The van der Waals surface area contributed by atoms with Crippen LogP contribution >= 0.6 is 0 Å². The van der Waals surface area contributed by atoms with Crippen molar-refractivity contribution in [3.63, 3.8) is 0 Å². The standard InChI is InChI=1S/C8H16N4O3/c1-6-4-11(5-7(9)10-15)2-3-12(6)8(13)14/h6,15H,2-5H2,1H3,(H2,9,10)(H,13,14)/t6-/m1/s1. The van der Waals surface area contributed by atoms with Gasteiger partial charge >= 0.3 is 6.09 Å². The van der Waals surface area contributed by atoms with E-state index >= 15 is 0 Å². The van der Waals surface area contributed by atoms with Crippen molar-refractivity contribution in [3.05, 3.63) is 0 Å². The van der Waals surface area contributed by atoms with Crippen LogP contribution in [0, 0.1) is 5.41 Å². The molecule has 7 heteroatoms. The van der Waals surface area contributed by atoms with E-state index in [-0.39, 0.29) is 11.9 Å². The van der Waals surface area contributed by atoms with Crippen LogP contribution in [0.1, 0.15) is 6.92 Å². The zero-order valence-electron chi connectivity index (χ0n) is 8.60. The van der Waals surface area contributed by atoms with Crippen molar-refractivity contribution in [2.24, 2.45) is 0 Å². The van der Waals surface area contributed by atoms with E-state index in [0.717, 1.165) is 0 Å². The Labute approximate surface area is 87.7 Å². The van der Waals surface area contributed by atoms with Crippen LogP contribution in [-0.4, -0.2) is 64.3 Å². The molecule has 1 rings (SSSR count). The fourth-order valence-electron chi connectivity index (χ4n) is 1.72. The predicted molar refractivity (Wildman–Crippen MR) is 53.3 cm³/mol. The molecule has 1 fully saturated rings. The molecular formula is C8H16N4O3. The Balaban J connectivity index is 2.44. The average Bonchev–Trinajstić information content (AvgIpc) is 2.17. The quantitative estimate of drug-likeness (QED) is 0.286. The van der Waals surface area contributed by atoms with Gasteiger partial charge in [-0.3, -0.25) is 21.0 Å². The zero-order valence-corrected chi connectivity index (χ0v) is 8.60. The summed E-state index contributed by atoms with van der Waals surface area (Å²) >= 11 is 0. The van der Waals surface area contributed by atoms with Crippen LogP contribution in [0.3, 0.4) is 0 Å². The zero-order chi connectivity index (χ0) is 11.4. The molecule has 86 valence electrons. The Morgan fingerprint density at radius 1 is 1.60 bits per heavy atom. The number of carboxylic acid groups (broad SMARTS) is 1. The number of amidine groups is 1. The molecule has 0 spiro atoms. The SMILES string of the molecule is C[C@@H]1CN(CC(=N)NO)CCN1C(=O)O. The van der Waals surface area contributed by atoms with Crippen molar-refractivity contribution >= 4 is 11.9 Å². The number of nitrogens with one attached hydrogen (secondary N) is 2. The Kier molecular flexibility index (Phi) is 3.87. The first-order valence-electron chi connectivity index (χ1n) is 4.74. The van der Waals surface area contributed by atoms with Crippen LogP contribution in [0.5, 0.6) is 0 Å². The predicted octanol–water partition coefficient (Wildman–Crippen LogP) is -0.373. The summed E-state index contributed by atoms with van der Waals surface area (Å²) in [6, 6.07) is -0.0808. The van der Waals surface area contributed by atoms with Gasteiger partial charge in [-0.2, -0.15) is 0 Å². The molecule has 1 amide bonds. The topological polar surface area (TPSA) is 99.9 Å². The highest BCUT2D eigenvalue weighted by molar-refractivity contribution is 5.79. The van der Waals surface area contributed by atoms with Crippen LogP contribution in [-0.2, 0) is 0 Å². The van der Waals surface area contributed by atoms with Gasteiger partial charge in [-0.15, -0.1) is 0 Å². The highest BCUT2D eigenvalue weighted by Gasteiger charge is 2.27. The summed E-state index contributed by atoms with van der Waals surface area (Å²) in [4.78, 5) is 14.1. The summed E-state index contributed by atoms with van der Waals surface area (Å²) < 4.78 is 0. The van der Waals surface area contributed by atoms with E-state index in [1.807, 2.05) is 11.8 Å². The number of hydrogen-bond donors (Lipinski definition) is 4. The lowest BCUT2D eigenvalue weighted by Gasteiger charge is -2.38. The minimum Gasteiger partial charge on any atom is -0.465 e. The molecule has 1 aliphatic heterocycles. The third-order valence-corrected chi connectivity index (χ3v) is 2.47. The van der Waals surface area contributed by atoms with Gasteiger partial charge in [-0.05, 0) is 6.92 Å². The minimum absolute atomic E-state index is 0.0194. The maximum Gasteiger partial charge on any atom is 0.407 e. The molecule has 0 saturated carbocycles. The average molecular weight is 216 g/mol. The van der Waals surface area contributed by atoms with Gasteiger partial charge in [0.15, 0.2) is 0 Å². The Bertz CT molecular complexity index is 258. The van der Waals surface area contributed by atoms with Gasteiger partial charge in [0.1, 0.15) is 5.84 Å². The van der Waals surface area contributed by atoms with Gasteiger partial charge in [-0.1, -0.05) is 0 Å². The molecule has 1 saturated heterocycles. The first-order chi connectivity index (χ1) is 7.04. The maximum absolute atomic E-state index is 10.8. The first kappa shape index (κ1) is 11.7. The summed E-state index contributed by atoms with van der Waals surface area (Å²) in [6.07, 6.45) is -0.905. The lowest BCUT2D eigenvalue weighted by Crippen LogP contribution is -2.55. The van der Waals surface area contributed by atoms with Gasteiger partial charge in [0.25, 0.3) is 0 Å². The van der Waals surface area contributed by atoms with Crippen LogP contribution < -0.4 is 5.48 Å². The molecule has 0 aromatic heterocycles. The van der Waals surface area contributed by atoms with E-state index in [1.54, 1.807) is 5.48 Å². The van der Waals surface area contributed by atoms with E-state index < -0.39 is 6.09 Å². The number of rotatable bonds is 2. The second-order valence-electron chi connectivity index (χ2n) is 3.65. The van der Waals surface area contributed by atoms with Gasteiger partial charge < -0.3 is 10.0 Å². The van der Waals surface area contributed by atoms with E-state index in [1.165, 1.54) is 4.90 Å². The lowest BCUT2D eigenvalue weighted by atomic mass is 10.2. The van der Waals surface area contributed by atoms with Crippen molar-refractivity contribution in [2.45, 2.75) is 13.0 Å². The highest BCUT2D eigenvalue weighted by Crippen LogP contribution is 2.08. The molecule has 1 atom stereocenters. The molecule has 0 aromatic rings. The van der Waals surface area contributed by atoms with E-state index in [2.05, 4.69) is 0 Å². The normalized spacial score (nSPS) is 22.5. The molecule has 1 aliphatic rings. The Morgan fingerprint density at radius 3 is 2.73 bits per heavy atom. The molecule has 0 bridgehead atoms. The molecule has 7 nitrogen and oxygen atoms in total. The Hall–Kier alpha value is -1.34. The largest absolute Gasteiger partial charge is 0.465 e. The molecule has 0 unspecified atom stereocenters. The van der Waals surface area contributed by atoms with Gasteiger partial charge in [0.2, 0.25) is 0 Å². The number of nitrogens with zero attached hydrogens (tertiary/aromatic N) is 2.